The van der Waals surface area contributed by atoms with E-state index in [0.29, 0.717) is 6.04 Å². The molecule has 0 amide bonds. The van der Waals surface area contributed by atoms with Gasteiger partial charge in [-0.3, -0.25) is 9.80 Å². The molecular formula is C18H26N2. The Morgan fingerprint density at radius 1 is 1.25 bits per heavy atom. The predicted octanol–water partition coefficient (Wildman–Crippen LogP) is 3.26. The molecule has 2 saturated heterocycles. The van der Waals surface area contributed by atoms with Gasteiger partial charge in [-0.25, -0.2) is 0 Å². The highest BCUT2D eigenvalue weighted by molar-refractivity contribution is 5.52. The molecule has 3 rings (SSSR count). The first-order valence-corrected chi connectivity index (χ1v) is 7.92. The van der Waals surface area contributed by atoms with Crippen molar-refractivity contribution in [2.24, 2.45) is 0 Å². The van der Waals surface area contributed by atoms with Crippen molar-refractivity contribution in [1.29, 1.82) is 0 Å². The van der Waals surface area contributed by atoms with Crippen LogP contribution >= 0.6 is 0 Å². The van der Waals surface area contributed by atoms with Gasteiger partial charge in [0.05, 0.1) is 0 Å². The maximum atomic E-state index is 2.69. The fourth-order valence-corrected chi connectivity index (χ4v) is 3.67. The van der Waals surface area contributed by atoms with Gasteiger partial charge in [-0.2, -0.15) is 0 Å². The molecule has 1 aromatic rings. The second-order valence-electron chi connectivity index (χ2n) is 6.47. The van der Waals surface area contributed by atoms with Crippen molar-refractivity contribution < 1.29 is 0 Å². The summed E-state index contributed by atoms with van der Waals surface area (Å²) in [5, 5.41) is 0. The number of fused-ring (bicyclic) bond motifs is 1. The molecule has 1 aromatic carbocycles. The van der Waals surface area contributed by atoms with Crippen LogP contribution in [0.1, 0.15) is 32.3 Å². The number of hydrogen-bond donors (Lipinski definition) is 0. The molecule has 20 heavy (non-hydrogen) atoms. The van der Waals surface area contributed by atoms with Crippen LogP contribution in [0.15, 0.2) is 35.9 Å². The van der Waals surface area contributed by atoms with Crippen molar-refractivity contribution in [3.63, 3.8) is 0 Å². The summed E-state index contributed by atoms with van der Waals surface area (Å²) in [6.07, 6.45) is 5.11. The minimum Gasteiger partial charge on any atom is -0.298 e. The third-order valence-corrected chi connectivity index (χ3v) is 4.73. The molecule has 0 unspecified atom stereocenters. The van der Waals surface area contributed by atoms with E-state index in [1.807, 2.05) is 0 Å². The lowest BCUT2D eigenvalue weighted by Gasteiger charge is -2.42. The van der Waals surface area contributed by atoms with Crippen molar-refractivity contribution in [1.82, 2.24) is 9.80 Å². The van der Waals surface area contributed by atoms with E-state index >= 15 is 0 Å². The fraction of sp³-hybridized carbons (Fsp3) is 0.556. The van der Waals surface area contributed by atoms with Gasteiger partial charge < -0.3 is 0 Å². The highest BCUT2D eigenvalue weighted by atomic mass is 15.3. The maximum Gasteiger partial charge on any atom is 0.0224 e. The molecule has 0 bridgehead atoms. The number of hydrogen-bond acceptors (Lipinski definition) is 2. The summed E-state index contributed by atoms with van der Waals surface area (Å²) in [4.78, 5) is 5.36. The van der Waals surface area contributed by atoms with Gasteiger partial charge in [0.2, 0.25) is 0 Å². The number of rotatable bonds is 3. The standard InChI is InChI=1S/C18H26N2/c1-15(11-17-7-4-3-5-8-17)12-20-14-18-9-6-10-19(18)13-16(20)2/h3-5,7-8,11,16,18H,6,9-10,12-14H2,1-2H3/b15-11+/t16-,18+/m0/s1. The molecule has 108 valence electrons. The van der Waals surface area contributed by atoms with Crippen molar-refractivity contribution in [2.75, 3.05) is 26.2 Å². The van der Waals surface area contributed by atoms with Gasteiger partial charge in [0.15, 0.2) is 0 Å². The van der Waals surface area contributed by atoms with E-state index in [4.69, 9.17) is 0 Å². The van der Waals surface area contributed by atoms with Crippen LogP contribution in [0.5, 0.6) is 0 Å². The number of nitrogens with zero attached hydrogens (tertiary/aromatic N) is 2. The Morgan fingerprint density at radius 2 is 2.05 bits per heavy atom. The Kier molecular flexibility index (Phi) is 4.23. The highest BCUT2D eigenvalue weighted by Crippen LogP contribution is 2.25. The third kappa shape index (κ3) is 3.13. The molecule has 0 radical (unpaired) electrons. The largest absolute Gasteiger partial charge is 0.298 e. The van der Waals surface area contributed by atoms with Crippen LogP contribution in [-0.2, 0) is 0 Å². The average Bonchev–Trinajstić information content (AvgIpc) is 2.87. The Bertz CT molecular complexity index is 466. The van der Waals surface area contributed by atoms with E-state index < -0.39 is 0 Å². The second-order valence-corrected chi connectivity index (χ2v) is 6.47. The van der Waals surface area contributed by atoms with Crippen molar-refractivity contribution in [2.45, 2.75) is 38.8 Å². The molecule has 0 aromatic heterocycles. The van der Waals surface area contributed by atoms with E-state index in [-0.39, 0.29) is 0 Å². The van der Waals surface area contributed by atoms with Crippen LogP contribution in [0.4, 0.5) is 0 Å². The summed E-state index contributed by atoms with van der Waals surface area (Å²) in [6, 6.07) is 12.2. The monoisotopic (exact) mass is 270 g/mol. The molecule has 2 nitrogen and oxygen atoms in total. The lowest BCUT2D eigenvalue weighted by atomic mass is 10.1. The predicted molar refractivity (Wildman–Crippen MR) is 85.7 cm³/mol. The van der Waals surface area contributed by atoms with E-state index in [2.05, 4.69) is 60.1 Å². The fourth-order valence-electron chi connectivity index (χ4n) is 3.67. The van der Waals surface area contributed by atoms with E-state index in [0.717, 1.165) is 12.6 Å². The summed E-state index contributed by atoms with van der Waals surface area (Å²) < 4.78 is 0. The topological polar surface area (TPSA) is 6.48 Å². The SMILES string of the molecule is C/C(=C\c1ccccc1)CN1C[C@H]2CCCN2C[C@@H]1C. The molecule has 2 heteroatoms. The molecule has 0 saturated carbocycles. The zero-order valence-corrected chi connectivity index (χ0v) is 12.8. The summed E-state index contributed by atoms with van der Waals surface area (Å²) in [5.41, 5.74) is 2.78. The van der Waals surface area contributed by atoms with Gasteiger partial charge in [-0.15, -0.1) is 0 Å². The molecule has 0 aliphatic carbocycles. The smallest absolute Gasteiger partial charge is 0.0224 e. The molecule has 2 fully saturated rings. The summed E-state index contributed by atoms with van der Waals surface area (Å²) in [7, 11) is 0. The summed E-state index contributed by atoms with van der Waals surface area (Å²) >= 11 is 0. The van der Waals surface area contributed by atoms with Crippen molar-refractivity contribution in [3.05, 3.63) is 41.5 Å². The van der Waals surface area contributed by atoms with Crippen molar-refractivity contribution >= 4 is 6.08 Å². The molecule has 2 aliphatic heterocycles. The van der Waals surface area contributed by atoms with Crippen LogP contribution in [-0.4, -0.2) is 48.1 Å². The molecule has 2 aliphatic rings. The van der Waals surface area contributed by atoms with Gasteiger partial charge in [-0.05, 0) is 38.8 Å². The van der Waals surface area contributed by atoms with E-state index in [1.165, 1.54) is 43.6 Å². The van der Waals surface area contributed by atoms with Crippen LogP contribution in [0.25, 0.3) is 6.08 Å². The maximum absolute atomic E-state index is 2.69. The Balaban J connectivity index is 1.63. The first kappa shape index (κ1) is 13.8. The van der Waals surface area contributed by atoms with E-state index in [9.17, 15) is 0 Å². The summed E-state index contributed by atoms with van der Waals surface area (Å²) in [5.74, 6) is 0. The zero-order valence-electron chi connectivity index (χ0n) is 12.8. The Morgan fingerprint density at radius 3 is 2.85 bits per heavy atom. The Hall–Kier alpha value is -1.12. The molecule has 0 spiro atoms. The minimum atomic E-state index is 0.684. The third-order valence-electron chi connectivity index (χ3n) is 4.73. The van der Waals surface area contributed by atoms with Gasteiger partial charge in [0.25, 0.3) is 0 Å². The van der Waals surface area contributed by atoms with Crippen LogP contribution < -0.4 is 0 Å². The molecule has 2 heterocycles. The highest BCUT2D eigenvalue weighted by Gasteiger charge is 2.33. The first-order valence-electron chi connectivity index (χ1n) is 7.92. The van der Waals surface area contributed by atoms with Crippen LogP contribution in [0.2, 0.25) is 0 Å². The lowest BCUT2D eigenvalue weighted by molar-refractivity contribution is 0.0668. The van der Waals surface area contributed by atoms with Gasteiger partial charge in [0.1, 0.15) is 0 Å². The molecule has 0 N–H and O–H groups in total. The number of piperazine rings is 1. The van der Waals surface area contributed by atoms with Crippen LogP contribution in [0, 0.1) is 0 Å². The van der Waals surface area contributed by atoms with Gasteiger partial charge in [0, 0.05) is 31.7 Å². The zero-order chi connectivity index (χ0) is 13.9. The van der Waals surface area contributed by atoms with Gasteiger partial charge >= 0.3 is 0 Å². The van der Waals surface area contributed by atoms with Gasteiger partial charge in [-0.1, -0.05) is 42.0 Å². The van der Waals surface area contributed by atoms with Crippen molar-refractivity contribution in [3.8, 4) is 0 Å². The molecule has 2 atom stereocenters. The summed E-state index contributed by atoms with van der Waals surface area (Å²) in [6.45, 7) is 9.58. The average molecular weight is 270 g/mol. The Labute approximate surface area is 123 Å². The van der Waals surface area contributed by atoms with E-state index in [1.54, 1.807) is 0 Å². The minimum absolute atomic E-state index is 0.684. The second kappa shape index (κ2) is 6.11. The lowest BCUT2D eigenvalue weighted by Crippen LogP contribution is -2.55. The van der Waals surface area contributed by atoms with Crippen LogP contribution in [0.3, 0.4) is 0 Å². The first-order chi connectivity index (χ1) is 9.72. The number of benzene rings is 1. The molecular weight excluding hydrogens is 244 g/mol. The normalized spacial score (nSPS) is 28.6. The quantitative estimate of drug-likeness (QED) is 0.832.